The minimum atomic E-state index is -4.96. The molecule has 0 aromatic carbocycles. The Morgan fingerprint density at radius 2 is 0.479 bits per heavy atom. The molecule has 2 unspecified atom stereocenters. The van der Waals surface area contributed by atoms with E-state index in [1.807, 2.05) is 0 Å². The van der Waals surface area contributed by atoms with Crippen molar-refractivity contribution in [2.75, 3.05) is 39.6 Å². The van der Waals surface area contributed by atoms with Crippen LogP contribution in [0.5, 0.6) is 0 Å². The summed E-state index contributed by atoms with van der Waals surface area (Å²) >= 11 is 0. The third kappa shape index (κ3) is 70.5. The second-order valence-electron chi connectivity index (χ2n) is 28.7. The van der Waals surface area contributed by atoms with Gasteiger partial charge in [0.25, 0.3) is 0 Å². The fourth-order valence-corrected chi connectivity index (χ4v) is 13.4. The number of aliphatic hydroxyl groups excluding tert-OH is 1. The van der Waals surface area contributed by atoms with Crippen molar-refractivity contribution in [1.82, 2.24) is 0 Å². The molecule has 0 aromatic rings. The fraction of sp³-hybridized carbons (Fsp3) is 0.948. The van der Waals surface area contributed by atoms with Gasteiger partial charge in [0.05, 0.1) is 26.4 Å². The van der Waals surface area contributed by atoms with Crippen molar-refractivity contribution in [3.8, 4) is 0 Å². The number of hydrogen-bond donors (Lipinski definition) is 3. The van der Waals surface area contributed by atoms with Crippen molar-refractivity contribution in [1.29, 1.82) is 0 Å². The Morgan fingerprint density at radius 1 is 0.281 bits per heavy atom. The van der Waals surface area contributed by atoms with Crippen LogP contribution in [0.1, 0.15) is 401 Å². The summed E-state index contributed by atoms with van der Waals surface area (Å²) in [6, 6.07) is 0. The molecule has 0 rings (SSSR count). The Bertz CT molecular complexity index is 1860. The summed E-state index contributed by atoms with van der Waals surface area (Å²) in [7, 11) is -9.91. The lowest BCUT2D eigenvalue weighted by Gasteiger charge is -2.21. The van der Waals surface area contributed by atoms with Gasteiger partial charge >= 0.3 is 39.5 Å². The lowest BCUT2D eigenvalue weighted by molar-refractivity contribution is -0.161. The first-order valence-electron chi connectivity index (χ1n) is 40.0. The van der Waals surface area contributed by atoms with Crippen molar-refractivity contribution in [2.24, 2.45) is 11.8 Å². The van der Waals surface area contributed by atoms with Crippen LogP contribution in [0.2, 0.25) is 0 Å². The summed E-state index contributed by atoms with van der Waals surface area (Å²) in [5.74, 6) is -0.615. The smallest absolute Gasteiger partial charge is 0.462 e. The van der Waals surface area contributed by atoms with Crippen molar-refractivity contribution < 1.29 is 80.2 Å². The Morgan fingerprint density at radius 3 is 0.708 bits per heavy atom. The second-order valence-corrected chi connectivity index (χ2v) is 31.6. The van der Waals surface area contributed by atoms with E-state index >= 15 is 0 Å². The Kier molecular flexibility index (Phi) is 67.4. The van der Waals surface area contributed by atoms with E-state index in [1.54, 1.807) is 0 Å². The molecule has 0 aromatic heterocycles. The van der Waals surface area contributed by atoms with Crippen molar-refractivity contribution in [2.45, 2.75) is 419 Å². The van der Waals surface area contributed by atoms with E-state index in [0.29, 0.717) is 31.6 Å². The number of phosphoric acid groups is 2. The molecular weight excluding hydrogens is 1260 g/mol. The molecule has 0 radical (unpaired) electrons. The summed E-state index contributed by atoms with van der Waals surface area (Å²) in [4.78, 5) is 72.8. The number of rotatable bonds is 76. The molecule has 0 heterocycles. The summed E-state index contributed by atoms with van der Waals surface area (Å²) in [5, 5.41) is 10.6. The number of phosphoric ester groups is 2. The minimum Gasteiger partial charge on any atom is -0.462 e. The molecule has 0 fully saturated rings. The van der Waals surface area contributed by atoms with Crippen LogP contribution >= 0.6 is 15.6 Å². The van der Waals surface area contributed by atoms with Crippen molar-refractivity contribution in [3.05, 3.63) is 0 Å². The molecule has 5 atom stereocenters. The molecular formula is C77H150O17P2. The molecule has 0 saturated heterocycles. The molecule has 96 heavy (non-hydrogen) atoms. The molecule has 3 N–H and O–H groups in total. The van der Waals surface area contributed by atoms with Crippen LogP contribution in [0.25, 0.3) is 0 Å². The van der Waals surface area contributed by atoms with Gasteiger partial charge in [-0.3, -0.25) is 37.3 Å². The van der Waals surface area contributed by atoms with Crippen LogP contribution in [0.3, 0.4) is 0 Å². The van der Waals surface area contributed by atoms with Gasteiger partial charge in [-0.25, -0.2) is 9.13 Å². The summed E-state index contributed by atoms with van der Waals surface area (Å²) < 4.78 is 68.5. The van der Waals surface area contributed by atoms with E-state index in [2.05, 4.69) is 41.5 Å². The van der Waals surface area contributed by atoms with Crippen LogP contribution in [0.4, 0.5) is 0 Å². The van der Waals surface area contributed by atoms with E-state index in [4.69, 9.17) is 37.0 Å². The van der Waals surface area contributed by atoms with E-state index in [9.17, 15) is 43.2 Å². The third-order valence-electron chi connectivity index (χ3n) is 18.0. The molecule has 17 nitrogen and oxygen atoms in total. The molecule has 570 valence electrons. The average Bonchev–Trinajstić information content (AvgIpc) is 1.57. The highest BCUT2D eigenvalue weighted by Gasteiger charge is 2.30. The maximum atomic E-state index is 13.1. The number of unbranched alkanes of at least 4 members (excludes halogenated alkanes) is 46. The van der Waals surface area contributed by atoms with Crippen molar-refractivity contribution >= 4 is 39.5 Å². The highest BCUT2D eigenvalue weighted by Crippen LogP contribution is 2.45. The predicted molar refractivity (Wildman–Crippen MR) is 391 cm³/mol. The van der Waals surface area contributed by atoms with Gasteiger partial charge < -0.3 is 33.8 Å². The Hall–Kier alpha value is -1.94. The zero-order valence-corrected chi connectivity index (χ0v) is 64.5. The van der Waals surface area contributed by atoms with E-state index in [-0.39, 0.29) is 25.7 Å². The second kappa shape index (κ2) is 68.8. The zero-order valence-electron chi connectivity index (χ0n) is 62.7. The first-order chi connectivity index (χ1) is 46.4. The molecule has 0 aliphatic heterocycles. The lowest BCUT2D eigenvalue weighted by Crippen LogP contribution is -2.30. The van der Waals surface area contributed by atoms with Crippen molar-refractivity contribution in [3.63, 3.8) is 0 Å². The normalized spacial score (nSPS) is 14.0. The van der Waals surface area contributed by atoms with Gasteiger partial charge in [0.2, 0.25) is 0 Å². The lowest BCUT2D eigenvalue weighted by atomic mass is 10.0. The number of aliphatic hydroxyl groups is 1. The third-order valence-corrected chi connectivity index (χ3v) is 19.9. The Balaban J connectivity index is 5.19. The predicted octanol–water partition coefficient (Wildman–Crippen LogP) is 22.7. The van der Waals surface area contributed by atoms with E-state index < -0.39 is 97.5 Å². The summed E-state index contributed by atoms with van der Waals surface area (Å²) in [5.41, 5.74) is 0. The number of hydrogen-bond acceptors (Lipinski definition) is 15. The monoisotopic (exact) mass is 1410 g/mol. The largest absolute Gasteiger partial charge is 0.472 e. The van der Waals surface area contributed by atoms with Crippen LogP contribution in [-0.4, -0.2) is 96.7 Å². The first-order valence-corrected chi connectivity index (χ1v) is 43.0. The van der Waals surface area contributed by atoms with Crippen LogP contribution in [0.15, 0.2) is 0 Å². The average molecular weight is 1410 g/mol. The standard InChI is InChI=1S/C77H150O17P2/c1-7-9-11-13-15-17-19-20-25-29-33-36-40-47-53-59-74(79)87-65-72(93-77(82)62-56-50-42-38-34-30-27-24-22-21-23-26-28-32-35-39-45-51-57-69(3)4)67-91-95(83,84)89-63-71(78)64-90-96(85,86)92-68-73(66-88-75(80)60-54-48-44-43-46-52-58-70(5)6)94-76(81)61-55-49-41-37-31-18-16-14-12-10-8-2/h69-73,78H,7-68H2,1-6H3,(H,83,84)(H,85,86)/t71-,72-,73-/m1/s1. The molecule has 0 spiro atoms. The number of esters is 4. The molecule has 0 aliphatic rings. The van der Waals surface area contributed by atoms with E-state index in [0.717, 1.165) is 102 Å². The topological polar surface area (TPSA) is 237 Å². The molecule has 19 heteroatoms. The quantitative estimate of drug-likeness (QED) is 0.0222. The Labute approximate surface area is 588 Å². The zero-order chi connectivity index (χ0) is 70.7. The number of carbonyl (C=O) groups excluding carboxylic acids is 4. The highest BCUT2D eigenvalue weighted by atomic mass is 31.2. The number of ether oxygens (including phenoxy) is 4. The molecule has 0 amide bonds. The van der Waals surface area contributed by atoms with Gasteiger partial charge in [-0.2, -0.15) is 0 Å². The van der Waals surface area contributed by atoms with Crippen LogP contribution < -0.4 is 0 Å². The van der Waals surface area contributed by atoms with E-state index in [1.165, 1.54) is 212 Å². The minimum absolute atomic E-state index is 0.106. The van der Waals surface area contributed by atoms with Gasteiger partial charge in [-0.15, -0.1) is 0 Å². The first kappa shape index (κ1) is 94.1. The molecule has 0 aliphatic carbocycles. The molecule has 0 bridgehead atoms. The summed E-state index contributed by atoms with van der Waals surface area (Å²) in [6.45, 7) is 9.55. The van der Waals surface area contributed by atoms with Gasteiger partial charge in [0.15, 0.2) is 12.2 Å². The number of carbonyl (C=O) groups is 4. The fourth-order valence-electron chi connectivity index (χ4n) is 11.8. The van der Waals surface area contributed by atoms with Crippen LogP contribution in [-0.2, 0) is 65.4 Å². The van der Waals surface area contributed by atoms with Crippen LogP contribution in [0, 0.1) is 11.8 Å². The summed E-state index contributed by atoms with van der Waals surface area (Å²) in [6.07, 6.45) is 57.1. The van der Waals surface area contributed by atoms with Gasteiger partial charge in [0, 0.05) is 25.7 Å². The molecule has 0 saturated carbocycles. The van der Waals surface area contributed by atoms with Gasteiger partial charge in [-0.05, 0) is 37.5 Å². The SMILES string of the molecule is CCCCCCCCCCCCCCCCCC(=O)OC[C@H](COP(=O)(O)OC[C@@H](O)COP(=O)(O)OC[C@@H](COC(=O)CCCCCCCCC(C)C)OC(=O)CCCCCCCCCCCCC)OC(=O)CCCCCCCCCCCCCCCCCCCCC(C)C. The van der Waals surface area contributed by atoms with Gasteiger partial charge in [-0.1, -0.05) is 350 Å². The maximum Gasteiger partial charge on any atom is 0.472 e. The van der Waals surface area contributed by atoms with Gasteiger partial charge in [0.1, 0.15) is 19.3 Å². The highest BCUT2D eigenvalue weighted by molar-refractivity contribution is 7.47. The maximum absolute atomic E-state index is 13.1.